The van der Waals surface area contributed by atoms with Crippen LogP contribution in [0.1, 0.15) is 39.5 Å². The van der Waals surface area contributed by atoms with Gasteiger partial charge in [-0.3, -0.25) is 0 Å². The Hall–Kier alpha value is -0.130. The summed E-state index contributed by atoms with van der Waals surface area (Å²) in [5.74, 6) is 0.305. The summed E-state index contributed by atoms with van der Waals surface area (Å²) in [6.07, 6.45) is 3.34. The maximum atomic E-state index is 12.0. The van der Waals surface area contributed by atoms with E-state index in [0.29, 0.717) is 18.8 Å². The molecular weight excluding hydrogens is 238 g/mol. The first-order valence-electron chi connectivity index (χ1n) is 6.62. The molecule has 0 aromatic carbocycles. The molecule has 1 aliphatic rings. The van der Waals surface area contributed by atoms with Gasteiger partial charge in [-0.2, -0.15) is 0 Å². The van der Waals surface area contributed by atoms with Gasteiger partial charge in [-0.25, -0.2) is 8.42 Å². The predicted molar refractivity (Wildman–Crippen MR) is 70.0 cm³/mol. The molecule has 1 fully saturated rings. The second-order valence-corrected chi connectivity index (χ2v) is 7.07. The zero-order chi connectivity index (χ0) is 12.7. The third-order valence-electron chi connectivity index (χ3n) is 3.23. The molecule has 0 saturated carbocycles. The summed E-state index contributed by atoms with van der Waals surface area (Å²) >= 11 is 0. The van der Waals surface area contributed by atoms with Crippen molar-refractivity contribution < 1.29 is 13.2 Å². The molecule has 1 heterocycles. The molecule has 4 nitrogen and oxygen atoms in total. The van der Waals surface area contributed by atoms with E-state index in [9.17, 15) is 8.42 Å². The van der Waals surface area contributed by atoms with Gasteiger partial charge in [0.1, 0.15) is 0 Å². The lowest BCUT2D eigenvalue weighted by Gasteiger charge is -2.14. The summed E-state index contributed by atoms with van der Waals surface area (Å²) in [4.78, 5) is 0. The van der Waals surface area contributed by atoms with Gasteiger partial charge in [0, 0.05) is 6.61 Å². The molecule has 2 unspecified atom stereocenters. The van der Waals surface area contributed by atoms with E-state index in [0.717, 1.165) is 32.4 Å². The summed E-state index contributed by atoms with van der Waals surface area (Å²) in [6, 6.07) is 0. The third kappa shape index (κ3) is 4.94. The Kier molecular flexibility index (Phi) is 6.44. The SMILES string of the molecule is CCCNCCCCS(=O)(=O)C1CCOC1C. The molecule has 1 N–H and O–H groups in total. The number of sulfone groups is 1. The number of ether oxygens (including phenoxy) is 1. The molecule has 0 amide bonds. The molecule has 0 aromatic heterocycles. The quantitative estimate of drug-likeness (QED) is 0.672. The molecular formula is C12H25NO3S. The Morgan fingerprint density at radius 2 is 2.06 bits per heavy atom. The normalized spacial score (nSPS) is 25.3. The van der Waals surface area contributed by atoms with Gasteiger partial charge in [0.15, 0.2) is 9.84 Å². The summed E-state index contributed by atoms with van der Waals surface area (Å²) in [7, 11) is -2.95. The molecule has 1 aliphatic heterocycles. The van der Waals surface area contributed by atoms with Crippen LogP contribution in [0.2, 0.25) is 0 Å². The molecule has 0 bridgehead atoms. The minimum Gasteiger partial charge on any atom is -0.377 e. The topological polar surface area (TPSA) is 55.4 Å². The summed E-state index contributed by atoms with van der Waals surface area (Å²) < 4.78 is 29.4. The smallest absolute Gasteiger partial charge is 0.155 e. The predicted octanol–water partition coefficient (Wildman–Crippen LogP) is 1.36. The Labute approximate surface area is 105 Å². The van der Waals surface area contributed by atoms with E-state index in [1.54, 1.807) is 0 Å². The van der Waals surface area contributed by atoms with Crippen LogP contribution in [0.5, 0.6) is 0 Å². The van der Waals surface area contributed by atoms with Gasteiger partial charge in [0.2, 0.25) is 0 Å². The number of hydrogen-bond donors (Lipinski definition) is 1. The van der Waals surface area contributed by atoms with Crippen molar-refractivity contribution in [2.75, 3.05) is 25.4 Å². The third-order valence-corrected chi connectivity index (χ3v) is 5.63. The van der Waals surface area contributed by atoms with Crippen molar-refractivity contribution in [2.24, 2.45) is 0 Å². The van der Waals surface area contributed by atoms with Crippen LogP contribution in [0.3, 0.4) is 0 Å². The van der Waals surface area contributed by atoms with Crippen LogP contribution in [0.25, 0.3) is 0 Å². The lowest BCUT2D eigenvalue weighted by atomic mass is 10.3. The number of unbranched alkanes of at least 4 members (excludes halogenated alkanes) is 1. The second kappa shape index (κ2) is 7.34. The van der Waals surface area contributed by atoms with E-state index in [-0.39, 0.29) is 11.4 Å². The van der Waals surface area contributed by atoms with Crippen LogP contribution in [-0.4, -0.2) is 45.2 Å². The average Bonchev–Trinajstić information content (AvgIpc) is 2.70. The lowest BCUT2D eigenvalue weighted by molar-refractivity contribution is 0.126. The molecule has 17 heavy (non-hydrogen) atoms. The molecule has 1 rings (SSSR count). The lowest BCUT2D eigenvalue weighted by Crippen LogP contribution is -2.30. The van der Waals surface area contributed by atoms with Crippen molar-refractivity contribution in [3.8, 4) is 0 Å². The Morgan fingerprint density at radius 3 is 2.65 bits per heavy atom. The molecule has 0 aromatic rings. The first-order valence-corrected chi connectivity index (χ1v) is 8.33. The first kappa shape index (κ1) is 14.9. The van der Waals surface area contributed by atoms with Crippen LogP contribution in [0.15, 0.2) is 0 Å². The van der Waals surface area contributed by atoms with Crippen LogP contribution in [0, 0.1) is 0 Å². The van der Waals surface area contributed by atoms with Crippen molar-refractivity contribution in [3.05, 3.63) is 0 Å². The van der Waals surface area contributed by atoms with Crippen LogP contribution in [-0.2, 0) is 14.6 Å². The fourth-order valence-electron chi connectivity index (χ4n) is 2.19. The largest absolute Gasteiger partial charge is 0.377 e. The van der Waals surface area contributed by atoms with Gasteiger partial charge < -0.3 is 10.1 Å². The van der Waals surface area contributed by atoms with Gasteiger partial charge in [-0.15, -0.1) is 0 Å². The summed E-state index contributed by atoms with van der Waals surface area (Å²) in [6.45, 7) is 6.50. The van der Waals surface area contributed by atoms with Crippen molar-refractivity contribution in [1.82, 2.24) is 5.32 Å². The standard InChI is InChI=1S/C12H25NO3S/c1-3-7-13-8-4-5-10-17(14,15)12-6-9-16-11(12)2/h11-13H,3-10H2,1-2H3. The fraction of sp³-hybridized carbons (Fsp3) is 1.00. The summed E-state index contributed by atoms with van der Waals surface area (Å²) in [5, 5.41) is 3.01. The maximum Gasteiger partial charge on any atom is 0.155 e. The van der Waals surface area contributed by atoms with Crippen molar-refractivity contribution in [2.45, 2.75) is 50.9 Å². The van der Waals surface area contributed by atoms with Crippen LogP contribution < -0.4 is 5.32 Å². The highest BCUT2D eigenvalue weighted by Crippen LogP contribution is 2.22. The zero-order valence-corrected chi connectivity index (χ0v) is 11.8. The van der Waals surface area contributed by atoms with E-state index in [2.05, 4.69) is 12.2 Å². The van der Waals surface area contributed by atoms with Gasteiger partial charge in [-0.05, 0) is 45.7 Å². The van der Waals surface area contributed by atoms with Gasteiger partial charge >= 0.3 is 0 Å². The van der Waals surface area contributed by atoms with E-state index < -0.39 is 9.84 Å². The molecule has 1 saturated heterocycles. The fourth-order valence-corrected chi connectivity index (χ4v) is 4.22. The molecule has 0 radical (unpaired) electrons. The van der Waals surface area contributed by atoms with Crippen molar-refractivity contribution in [3.63, 3.8) is 0 Å². The van der Waals surface area contributed by atoms with E-state index in [1.165, 1.54) is 0 Å². The van der Waals surface area contributed by atoms with Gasteiger partial charge in [0.25, 0.3) is 0 Å². The Balaban J connectivity index is 2.21. The van der Waals surface area contributed by atoms with Crippen molar-refractivity contribution >= 4 is 9.84 Å². The highest BCUT2D eigenvalue weighted by atomic mass is 32.2. The molecule has 2 atom stereocenters. The van der Waals surface area contributed by atoms with E-state index >= 15 is 0 Å². The highest BCUT2D eigenvalue weighted by Gasteiger charge is 2.34. The van der Waals surface area contributed by atoms with Crippen LogP contribution >= 0.6 is 0 Å². The minimum atomic E-state index is -2.95. The monoisotopic (exact) mass is 263 g/mol. The number of hydrogen-bond acceptors (Lipinski definition) is 4. The van der Waals surface area contributed by atoms with Crippen molar-refractivity contribution in [1.29, 1.82) is 0 Å². The Morgan fingerprint density at radius 1 is 1.29 bits per heavy atom. The molecule has 102 valence electrons. The number of nitrogens with one attached hydrogen (secondary N) is 1. The average molecular weight is 263 g/mol. The second-order valence-electron chi connectivity index (χ2n) is 4.73. The molecule has 0 spiro atoms. The van der Waals surface area contributed by atoms with Gasteiger partial charge in [-0.1, -0.05) is 6.92 Å². The zero-order valence-electron chi connectivity index (χ0n) is 10.9. The van der Waals surface area contributed by atoms with E-state index in [4.69, 9.17) is 4.74 Å². The first-order chi connectivity index (χ1) is 8.08. The van der Waals surface area contributed by atoms with E-state index in [1.807, 2.05) is 6.92 Å². The molecule has 5 heteroatoms. The number of rotatable bonds is 8. The highest BCUT2D eigenvalue weighted by molar-refractivity contribution is 7.92. The summed E-state index contributed by atoms with van der Waals surface area (Å²) in [5.41, 5.74) is 0. The maximum absolute atomic E-state index is 12.0. The van der Waals surface area contributed by atoms with Crippen LogP contribution in [0.4, 0.5) is 0 Å². The minimum absolute atomic E-state index is 0.127. The Bertz CT molecular complexity index is 303. The molecule has 0 aliphatic carbocycles. The van der Waals surface area contributed by atoms with Gasteiger partial charge in [0.05, 0.1) is 17.1 Å².